The molecule has 0 spiro atoms. The topological polar surface area (TPSA) is 362 Å². The number of aliphatic hydroxyl groups excluding tert-OH is 1. The standard InChI is InChI=1S/C41H53N13O12/c42-41-49-37-36(39(64)50-41)47-29(20-44-37)19-43-26-3-1-25(2-4-26)38(63)48-30(40(65)66)9-10-31(55)45-27-5-7-28(8-6-27)46-32(56)21-51-11-13-52(22-33(57)58)15-17-54(24-35(61)62)18-16-53(14-12-51)23-34(59)60/h1-8,20,30,33,43,57-58H,9-19,21-24H2,(H,45,55)(H,46,56)(H,48,63)(H,59,60)(H,61,62)(H,65,66)(H3,42,44,49,50,64). The van der Waals surface area contributed by atoms with Gasteiger partial charge in [-0.1, -0.05) is 0 Å². The smallest absolute Gasteiger partial charge is 0.326 e. The summed E-state index contributed by atoms with van der Waals surface area (Å²) in [5, 5.41) is 58.9. The van der Waals surface area contributed by atoms with Crippen LogP contribution in [-0.2, 0) is 30.5 Å². The lowest BCUT2D eigenvalue weighted by Crippen LogP contribution is -2.49. The first-order chi connectivity index (χ1) is 31.5. The number of aliphatic carboxylic acids is 3. The Bertz CT molecular complexity index is 2380. The number of H-pyrrole nitrogens is 1. The lowest BCUT2D eigenvalue weighted by molar-refractivity contribution is -0.140. The zero-order chi connectivity index (χ0) is 47.8. The summed E-state index contributed by atoms with van der Waals surface area (Å²) in [6.07, 6.45) is -0.668. The number of rotatable bonds is 19. The zero-order valence-electron chi connectivity index (χ0n) is 35.8. The molecule has 5 rings (SSSR count). The van der Waals surface area contributed by atoms with Crippen LogP contribution in [0.4, 0.5) is 23.0 Å². The van der Waals surface area contributed by atoms with Gasteiger partial charge in [-0.05, 0) is 55.0 Å². The van der Waals surface area contributed by atoms with Crippen LogP contribution in [0.15, 0.2) is 59.5 Å². The van der Waals surface area contributed by atoms with E-state index in [-0.39, 0.29) is 101 Å². The van der Waals surface area contributed by atoms with Gasteiger partial charge in [-0.3, -0.25) is 53.4 Å². The van der Waals surface area contributed by atoms with E-state index in [9.17, 15) is 59.1 Å². The second kappa shape index (κ2) is 24.2. The van der Waals surface area contributed by atoms with Gasteiger partial charge in [0.15, 0.2) is 17.5 Å². The van der Waals surface area contributed by atoms with Gasteiger partial charge >= 0.3 is 17.9 Å². The molecule has 354 valence electrons. The average molecular weight is 920 g/mol. The number of carbonyl (C=O) groups excluding carboxylic acids is 3. The van der Waals surface area contributed by atoms with Crippen molar-refractivity contribution in [2.24, 2.45) is 0 Å². The number of nitrogens with two attached hydrogens (primary N) is 1. The fraction of sp³-hybridized carbons (Fsp3) is 0.415. The molecule has 1 atom stereocenters. The summed E-state index contributed by atoms with van der Waals surface area (Å²) >= 11 is 0. The van der Waals surface area contributed by atoms with Gasteiger partial charge in [-0.2, -0.15) is 4.98 Å². The Morgan fingerprint density at radius 2 is 1.21 bits per heavy atom. The molecular weight excluding hydrogens is 867 g/mol. The molecule has 0 saturated carbocycles. The number of fused-ring (bicyclic) bond motifs is 1. The van der Waals surface area contributed by atoms with E-state index in [0.717, 1.165) is 0 Å². The van der Waals surface area contributed by atoms with Gasteiger partial charge in [-0.15, -0.1) is 0 Å². The molecule has 2 aromatic carbocycles. The highest BCUT2D eigenvalue weighted by Crippen LogP contribution is 2.16. The molecule has 1 aliphatic rings. The first-order valence-corrected chi connectivity index (χ1v) is 20.8. The van der Waals surface area contributed by atoms with E-state index in [4.69, 9.17) is 5.73 Å². The number of benzene rings is 2. The van der Waals surface area contributed by atoms with E-state index in [1.807, 2.05) is 0 Å². The Kier molecular flexibility index (Phi) is 18.3. The molecular formula is C41H53N13O12. The number of carboxylic acids is 3. The molecule has 0 aliphatic carbocycles. The highest BCUT2D eigenvalue weighted by atomic mass is 16.5. The second-order valence-corrected chi connectivity index (χ2v) is 15.4. The number of aromatic amines is 1. The first-order valence-electron chi connectivity index (χ1n) is 20.8. The van der Waals surface area contributed by atoms with Gasteiger partial charge in [0.1, 0.15) is 6.04 Å². The summed E-state index contributed by atoms with van der Waals surface area (Å²) in [6.45, 7) is 1.69. The van der Waals surface area contributed by atoms with Crippen molar-refractivity contribution in [2.45, 2.75) is 31.7 Å². The third-order valence-corrected chi connectivity index (χ3v) is 10.3. The molecule has 66 heavy (non-hydrogen) atoms. The maximum Gasteiger partial charge on any atom is 0.326 e. The Hall–Kier alpha value is -7.16. The van der Waals surface area contributed by atoms with Crippen LogP contribution in [0.3, 0.4) is 0 Å². The van der Waals surface area contributed by atoms with Crippen molar-refractivity contribution in [3.05, 3.63) is 76.3 Å². The normalized spacial score (nSPS) is 15.3. The molecule has 12 N–H and O–H groups in total. The van der Waals surface area contributed by atoms with Crippen molar-refractivity contribution >= 4 is 69.8 Å². The number of nitrogens with one attached hydrogen (secondary N) is 5. The number of hydrogen-bond acceptors (Lipinski definition) is 18. The molecule has 0 radical (unpaired) electrons. The van der Waals surface area contributed by atoms with E-state index >= 15 is 0 Å². The fourth-order valence-electron chi connectivity index (χ4n) is 6.88. The highest BCUT2D eigenvalue weighted by Gasteiger charge is 2.23. The lowest BCUT2D eigenvalue weighted by atomic mass is 10.1. The van der Waals surface area contributed by atoms with Gasteiger partial charge < -0.3 is 52.5 Å². The van der Waals surface area contributed by atoms with E-state index in [1.54, 1.807) is 56.0 Å². The molecule has 0 bridgehead atoms. The number of amides is 3. The molecule has 2 aromatic heterocycles. The van der Waals surface area contributed by atoms with Gasteiger partial charge in [0.05, 0.1) is 38.1 Å². The van der Waals surface area contributed by atoms with Crippen LogP contribution in [-0.4, -0.2) is 192 Å². The fourth-order valence-corrected chi connectivity index (χ4v) is 6.88. The van der Waals surface area contributed by atoms with Crippen molar-refractivity contribution < 1.29 is 54.3 Å². The Morgan fingerprint density at radius 1 is 0.697 bits per heavy atom. The Balaban J connectivity index is 1.08. The molecule has 25 nitrogen and oxygen atoms in total. The van der Waals surface area contributed by atoms with Gasteiger partial charge in [0.25, 0.3) is 11.5 Å². The molecule has 1 aliphatic heterocycles. The number of nitrogen functional groups attached to an aromatic ring is 1. The summed E-state index contributed by atoms with van der Waals surface area (Å²) in [6, 6.07) is 11.0. The molecule has 4 aromatic rings. The van der Waals surface area contributed by atoms with E-state index in [0.29, 0.717) is 42.4 Å². The Morgan fingerprint density at radius 3 is 1.74 bits per heavy atom. The van der Waals surface area contributed by atoms with Crippen LogP contribution >= 0.6 is 0 Å². The molecule has 1 fully saturated rings. The van der Waals surface area contributed by atoms with Gasteiger partial charge in [-0.25, -0.2) is 14.8 Å². The number of aliphatic hydroxyl groups is 2. The summed E-state index contributed by atoms with van der Waals surface area (Å²) in [7, 11) is 0. The van der Waals surface area contributed by atoms with Crippen molar-refractivity contribution in [2.75, 3.05) is 100 Å². The highest BCUT2D eigenvalue weighted by molar-refractivity contribution is 5.97. The number of nitrogens with zero attached hydrogens (tertiary/aromatic N) is 7. The number of carboxylic acid groups (broad SMARTS) is 3. The van der Waals surface area contributed by atoms with Crippen LogP contribution in [0.1, 0.15) is 28.9 Å². The third kappa shape index (κ3) is 16.4. The van der Waals surface area contributed by atoms with Gasteiger partial charge in [0.2, 0.25) is 17.8 Å². The summed E-state index contributed by atoms with van der Waals surface area (Å²) < 4.78 is 0. The second-order valence-electron chi connectivity index (χ2n) is 15.4. The number of aromatic nitrogens is 4. The molecule has 3 amide bonds. The maximum absolute atomic E-state index is 13.2. The van der Waals surface area contributed by atoms with Crippen LogP contribution in [0.25, 0.3) is 11.2 Å². The minimum Gasteiger partial charge on any atom is -0.480 e. The predicted octanol–water partition coefficient (Wildman–Crippen LogP) is -1.85. The largest absolute Gasteiger partial charge is 0.480 e. The number of hydrogen-bond donors (Lipinski definition) is 11. The van der Waals surface area contributed by atoms with Crippen molar-refractivity contribution in [3.63, 3.8) is 0 Å². The minimum absolute atomic E-state index is 0.0267. The molecule has 3 heterocycles. The van der Waals surface area contributed by atoms with E-state index in [2.05, 4.69) is 41.2 Å². The van der Waals surface area contributed by atoms with E-state index < -0.39 is 53.5 Å². The van der Waals surface area contributed by atoms with Crippen LogP contribution in [0.5, 0.6) is 0 Å². The van der Waals surface area contributed by atoms with Crippen LogP contribution in [0, 0.1) is 0 Å². The third-order valence-electron chi connectivity index (χ3n) is 10.3. The average Bonchev–Trinajstić information content (AvgIpc) is 3.25. The van der Waals surface area contributed by atoms with Crippen molar-refractivity contribution in [3.8, 4) is 0 Å². The lowest BCUT2D eigenvalue weighted by Gasteiger charge is -2.33. The zero-order valence-corrected chi connectivity index (χ0v) is 35.8. The van der Waals surface area contributed by atoms with Crippen LogP contribution < -0.4 is 32.6 Å². The summed E-state index contributed by atoms with van der Waals surface area (Å²) in [5.74, 6) is -5.09. The quantitative estimate of drug-likeness (QED) is 0.0460. The van der Waals surface area contributed by atoms with Crippen molar-refractivity contribution in [1.82, 2.24) is 44.9 Å². The van der Waals surface area contributed by atoms with Crippen LogP contribution in [0.2, 0.25) is 0 Å². The maximum atomic E-state index is 13.2. The summed E-state index contributed by atoms with van der Waals surface area (Å²) in [5.41, 5.74) is 7.11. The molecule has 1 saturated heterocycles. The van der Waals surface area contributed by atoms with E-state index in [1.165, 1.54) is 18.3 Å². The SMILES string of the molecule is Nc1nc2ncc(CNc3ccc(C(=O)NC(CCC(=O)Nc4ccc(NC(=O)CN5CCN(CC(=O)O)CCN(CC(=O)O)CCN(CC(O)O)CC5)cc4)C(=O)O)cc3)nc2c(=O)[nH]1. The first kappa shape index (κ1) is 49.8. The van der Waals surface area contributed by atoms with Crippen molar-refractivity contribution in [1.29, 1.82) is 0 Å². The molecule has 25 heteroatoms. The monoisotopic (exact) mass is 919 g/mol. The number of anilines is 4. The predicted molar refractivity (Wildman–Crippen MR) is 237 cm³/mol. The van der Waals surface area contributed by atoms with Gasteiger partial charge in [0, 0.05) is 87.9 Å². The number of β-amino-alcohol motifs (C(OH)–C–C–N with tert-alkyl or cyclic N) is 2. The summed E-state index contributed by atoms with van der Waals surface area (Å²) in [4.78, 5) is 108. The minimum atomic E-state index is -1.64. The number of carbonyl (C=O) groups is 6. The molecule has 1 unspecified atom stereocenters. The Labute approximate surface area is 376 Å².